The maximum Gasteiger partial charge on any atom is 0.339 e. The van der Waals surface area contributed by atoms with E-state index >= 15 is 0 Å². The Morgan fingerprint density at radius 1 is 0.564 bits per heavy atom. The highest BCUT2D eigenvalue weighted by atomic mass is 32.1. The van der Waals surface area contributed by atoms with Gasteiger partial charge in [-0.25, -0.2) is 24.2 Å². The van der Waals surface area contributed by atoms with E-state index < -0.39 is 41.9 Å². The topological polar surface area (TPSA) is 214 Å². The van der Waals surface area contributed by atoms with Gasteiger partial charge in [0.1, 0.15) is 35.2 Å². The van der Waals surface area contributed by atoms with E-state index in [0.717, 1.165) is 73.7 Å². The molecule has 2 aliphatic rings. The number of fused-ring (bicyclic) bond motifs is 1. The first-order chi connectivity index (χ1) is 38.0. The number of para-hydroxylation sites is 1. The Balaban J connectivity index is 0.852. The van der Waals surface area contributed by atoms with Gasteiger partial charge in [-0.3, -0.25) is 15.0 Å². The van der Waals surface area contributed by atoms with Gasteiger partial charge in [-0.15, -0.1) is 0 Å². The Hall–Kier alpha value is -7.86. The van der Waals surface area contributed by atoms with E-state index in [1.165, 1.54) is 17.6 Å². The minimum Gasteiger partial charge on any atom is -0.494 e. The summed E-state index contributed by atoms with van der Waals surface area (Å²) in [5.74, 6) is -1.49. The summed E-state index contributed by atoms with van der Waals surface area (Å²) < 4.78 is 46.0. The molecule has 0 unspecified atom stereocenters. The number of carbonyl (C=O) groups excluding carboxylic acids is 6. The van der Waals surface area contributed by atoms with Gasteiger partial charge in [0.25, 0.3) is 0 Å². The van der Waals surface area contributed by atoms with Crippen molar-refractivity contribution in [2.75, 3.05) is 31.9 Å². The summed E-state index contributed by atoms with van der Waals surface area (Å²) in [5.41, 5.74) is 4.72. The highest BCUT2D eigenvalue weighted by Gasteiger charge is 2.32. The molecule has 0 aliphatic heterocycles. The molecule has 7 rings (SSSR count). The van der Waals surface area contributed by atoms with Crippen molar-refractivity contribution in [3.8, 4) is 23.0 Å². The highest BCUT2D eigenvalue weighted by molar-refractivity contribution is 7.22. The lowest BCUT2D eigenvalue weighted by atomic mass is 9.87. The average Bonchev–Trinajstić information content (AvgIpc) is 3.88. The van der Waals surface area contributed by atoms with Gasteiger partial charge < -0.3 is 37.9 Å². The molecule has 0 atom stereocenters. The van der Waals surface area contributed by atoms with Gasteiger partial charge in [-0.1, -0.05) is 36.6 Å². The summed E-state index contributed by atoms with van der Waals surface area (Å²) in [6, 6.07) is 26.1. The lowest BCUT2D eigenvalue weighted by Gasteiger charge is -2.27. The summed E-state index contributed by atoms with van der Waals surface area (Å²) in [7, 11) is 0. The number of hydrogen-bond donors (Lipinski definition) is 1. The number of esters is 6. The minimum absolute atomic E-state index is 0.209. The van der Waals surface area contributed by atoms with Crippen LogP contribution in [0.3, 0.4) is 0 Å². The van der Waals surface area contributed by atoms with Gasteiger partial charge in [0.05, 0.1) is 65.8 Å². The van der Waals surface area contributed by atoms with Crippen LogP contribution in [0.1, 0.15) is 129 Å². The summed E-state index contributed by atoms with van der Waals surface area (Å²) in [5, 5.41) is 4.94. The SMILES string of the molecule is C=CC(=O)OCCCCCCOc1ccc(OC(=O)[C@H]2CC[C@H](OC(=O)c3ccc(OC(=O)[C@H]4CC[C@H](OC(=O)c5ccc(OCCCCCCOC(=O)C=C)cc5)CC4)cc3/C=N/Nc3nc4ccccc4s3)CC2)cc1. The van der Waals surface area contributed by atoms with Gasteiger partial charge in [0, 0.05) is 17.7 Å². The molecule has 78 heavy (non-hydrogen) atoms. The summed E-state index contributed by atoms with van der Waals surface area (Å²) >= 11 is 1.42. The van der Waals surface area contributed by atoms with Crippen molar-refractivity contribution in [3.63, 3.8) is 0 Å². The molecule has 4 aromatic carbocycles. The molecule has 18 heteroatoms. The van der Waals surface area contributed by atoms with Gasteiger partial charge >= 0.3 is 35.8 Å². The standard InChI is InChI=1S/C60H67N3O14S/c1-3-54(64)72-37-13-7-5-11-35-70-45-23-17-41(18-24-45)56(66)74-47-25-19-43(20-26-47)58(68)77-50-33-34-51(44(39-50)40-61-63-60-62-52-15-9-10-16-53(52)78-60)59(69)76-48-27-21-42(22-28-48)57(67)75-49-31-29-46(30-32-49)71-36-12-6-8-14-38-73-55(65)4-2/h3-4,9-10,15-18,23-24,29-34,39-40,42-43,47-48H,1-2,5-8,11-14,19-22,25-28,35-38H2,(H,62,63)/b61-40+/t42-,43-,47-,48-. The Kier molecular flexibility index (Phi) is 22.8. The second kappa shape index (κ2) is 30.8. The molecule has 1 N–H and O–H groups in total. The zero-order valence-electron chi connectivity index (χ0n) is 43.8. The summed E-state index contributed by atoms with van der Waals surface area (Å²) in [6.07, 6.45) is 13.7. The van der Waals surface area contributed by atoms with Crippen molar-refractivity contribution in [2.45, 2.75) is 115 Å². The fourth-order valence-electron chi connectivity index (χ4n) is 8.89. The number of anilines is 1. The first-order valence-electron chi connectivity index (χ1n) is 26.7. The molecule has 5 aromatic rings. The maximum absolute atomic E-state index is 13.8. The van der Waals surface area contributed by atoms with Crippen LogP contribution in [0.15, 0.2) is 121 Å². The second-order valence-electron chi connectivity index (χ2n) is 19.0. The molecule has 2 aliphatic carbocycles. The molecule has 2 fully saturated rings. The summed E-state index contributed by atoms with van der Waals surface area (Å²) in [4.78, 5) is 80.4. The maximum atomic E-state index is 13.8. The number of carbonyl (C=O) groups is 6. The van der Waals surface area contributed by atoms with Crippen LogP contribution < -0.4 is 24.4 Å². The van der Waals surface area contributed by atoms with E-state index in [2.05, 4.69) is 28.7 Å². The van der Waals surface area contributed by atoms with Gasteiger partial charge in [-0.2, -0.15) is 5.10 Å². The number of ether oxygens (including phenoxy) is 8. The van der Waals surface area contributed by atoms with Crippen molar-refractivity contribution in [1.29, 1.82) is 0 Å². The van der Waals surface area contributed by atoms with E-state index in [1.54, 1.807) is 66.7 Å². The number of rotatable bonds is 29. The number of hydrogen-bond acceptors (Lipinski definition) is 18. The first-order valence-corrected chi connectivity index (χ1v) is 27.5. The molecule has 17 nitrogen and oxygen atoms in total. The zero-order valence-corrected chi connectivity index (χ0v) is 44.6. The predicted molar refractivity (Wildman–Crippen MR) is 294 cm³/mol. The van der Waals surface area contributed by atoms with Gasteiger partial charge in [-0.05, 0) is 182 Å². The number of benzene rings is 4. The molecule has 0 bridgehead atoms. The van der Waals surface area contributed by atoms with Crippen LogP contribution in [-0.2, 0) is 38.1 Å². The number of nitrogens with zero attached hydrogens (tertiary/aromatic N) is 2. The lowest BCUT2D eigenvalue weighted by Crippen LogP contribution is -2.30. The third kappa shape index (κ3) is 18.7. The van der Waals surface area contributed by atoms with E-state index in [9.17, 15) is 28.8 Å². The monoisotopic (exact) mass is 1090 g/mol. The first kappa shape index (κ1) is 57.8. The number of hydrazone groups is 1. The van der Waals surface area contributed by atoms with Crippen LogP contribution in [0, 0.1) is 11.8 Å². The third-order valence-corrected chi connectivity index (χ3v) is 14.2. The molecule has 0 radical (unpaired) electrons. The lowest BCUT2D eigenvalue weighted by molar-refractivity contribution is -0.141. The highest BCUT2D eigenvalue weighted by Crippen LogP contribution is 2.32. The Labute approximate surface area is 458 Å². The molecule has 2 saturated carbocycles. The zero-order chi connectivity index (χ0) is 54.9. The molecule has 1 heterocycles. The number of aromatic nitrogens is 1. The van der Waals surface area contributed by atoms with Crippen LogP contribution in [0.25, 0.3) is 10.2 Å². The molecule has 0 saturated heterocycles. The molecule has 0 amide bonds. The van der Waals surface area contributed by atoms with Crippen LogP contribution in [0.5, 0.6) is 23.0 Å². The third-order valence-electron chi connectivity index (χ3n) is 13.3. The average molecular weight is 1090 g/mol. The predicted octanol–water partition coefficient (Wildman–Crippen LogP) is 11.7. The van der Waals surface area contributed by atoms with E-state index in [0.29, 0.717) is 111 Å². The molecular formula is C60H67N3O14S. The normalized spacial score (nSPS) is 17.0. The fourth-order valence-corrected chi connectivity index (χ4v) is 9.71. The van der Waals surface area contributed by atoms with Crippen molar-refractivity contribution in [3.05, 3.63) is 133 Å². The van der Waals surface area contributed by atoms with Gasteiger partial charge in [0.2, 0.25) is 5.13 Å². The Bertz CT molecular complexity index is 2800. The van der Waals surface area contributed by atoms with Crippen LogP contribution in [0.4, 0.5) is 5.13 Å². The quantitative estimate of drug-likeness (QED) is 0.00896. The molecular weight excluding hydrogens is 1020 g/mol. The van der Waals surface area contributed by atoms with Crippen LogP contribution in [-0.4, -0.2) is 85.6 Å². The van der Waals surface area contributed by atoms with E-state index in [4.69, 9.17) is 37.9 Å². The number of unbranched alkanes of at least 4 members (excludes halogenated alkanes) is 6. The summed E-state index contributed by atoms with van der Waals surface area (Å²) in [6.45, 7) is 8.56. The number of thiazole rings is 1. The van der Waals surface area contributed by atoms with Gasteiger partial charge in [0.15, 0.2) is 0 Å². The Morgan fingerprint density at radius 2 is 1.05 bits per heavy atom. The van der Waals surface area contributed by atoms with Crippen molar-refractivity contribution in [1.82, 2.24) is 4.98 Å². The van der Waals surface area contributed by atoms with Crippen LogP contribution in [0.2, 0.25) is 0 Å². The Morgan fingerprint density at radius 3 is 1.60 bits per heavy atom. The van der Waals surface area contributed by atoms with Crippen molar-refractivity contribution >= 4 is 68.7 Å². The van der Waals surface area contributed by atoms with Crippen LogP contribution >= 0.6 is 11.3 Å². The van der Waals surface area contributed by atoms with Crippen molar-refractivity contribution < 1.29 is 66.7 Å². The fraction of sp³-hybridized carbons (Fsp3) is 0.400. The second-order valence-corrected chi connectivity index (χ2v) is 20.0. The largest absolute Gasteiger partial charge is 0.494 e. The molecule has 412 valence electrons. The molecule has 1 aromatic heterocycles. The number of nitrogens with one attached hydrogen (secondary N) is 1. The minimum atomic E-state index is -0.586. The van der Waals surface area contributed by atoms with Crippen molar-refractivity contribution in [2.24, 2.45) is 16.9 Å². The smallest absolute Gasteiger partial charge is 0.339 e. The van der Waals surface area contributed by atoms with E-state index in [1.807, 2.05) is 24.3 Å². The molecule has 0 spiro atoms. The van der Waals surface area contributed by atoms with E-state index in [-0.39, 0.29) is 29.3 Å².